The minimum Gasteiger partial charge on any atom is -0.379 e. The summed E-state index contributed by atoms with van der Waals surface area (Å²) in [5.41, 5.74) is 2.57. The molecule has 2 unspecified atom stereocenters. The average Bonchev–Trinajstić information content (AvgIpc) is 2.76. The molecule has 0 saturated heterocycles. The number of carbonyl (C=O) groups excluding carboxylic acids is 1. The predicted molar refractivity (Wildman–Crippen MR) is 114 cm³/mol. The number of ketones is 1. The monoisotopic (exact) mass is 379 g/mol. The molecule has 150 valence electrons. The van der Waals surface area contributed by atoms with E-state index in [1.807, 2.05) is 0 Å². The van der Waals surface area contributed by atoms with Crippen LogP contribution in [0.2, 0.25) is 0 Å². The number of rotatable bonds is 8. The van der Waals surface area contributed by atoms with E-state index >= 15 is 0 Å². The van der Waals surface area contributed by atoms with Crippen molar-refractivity contribution in [3.63, 3.8) is 0 Å². The smallest absolute Gasteiger partial charge is 0.138 e. The molecule has 1 fully saturated rings. The van der Waals surface area contributed by atoms with Crippen molar-refractivity contribution in [1.82, 2.24) is 4.90 Å². The molecule has 0 amide bonds. The summed E-state index contributed by atoms with van der Waals surface area (Å²) in [5, 5.41) is 0. The van der Waals surface area contributed by atoms with Crippen molar-refractivity contribution in [2.75, 3.05) is 13.7 Å². The summed E-state index contributed by atoms with van der Waals surface area (Å²) in [7, 11) is 1.76. The Kier molecular flexibility index (Phi) is 7.41. The molecule has 0 spiro atoms. The van der Waals surface area contributed by atoms with Gasteiger partial charge in [-0.3, -0.25) is 9.69 Å². The molecule has 3 rings (SSSR count). The maximum Gasteiger partial charge on any atom is 0.138 e. The molecule has 3 nitrogen and oxygen atoms in total. The summed E-state index contributed by atoms with van der Waals surface area (Å²) in [6.45, 7) is 5.26. The van der Waals surface area contributed by atoms with Crippen LogP contribution >= 0.6 is 0 Å². The number of hydrogen-bond acceptors (Lipinski definition) is 3. The number of methoxy groups -OCH3 is 1. The molecular weight excluding hydrogens is 346 g/mol. The van der Waals surface area contributed by atoms with Crippen molar-refractivity contribution >= 4 is 5.78 Å². The van der Waals surface area contributed by atoms with Gasteiger partial charge in [0.15, 0.2) is 0 Å². The Morgan fingerprint density at radius 3 is 1.93 bits per heavy atom. The molecule has 4 atom stereocenters. The first kappa shape index (κ1) is 20.8. The van der Waals surface area contributed by atoms with Gasteiger partial charge in [-0.05, 0) is 37.8 Å². The van der Waals surface area contributed by atoms with Gasteiger partial charge in [0, 0.05) is 38.1 Å². The Morgan fingerprint density at radius 2 is 1.46 bits per heavy atom. The van der Waals surface area contributed by atoms with Crippen molar-refractivity contribution < 1.29 is 9.53 Å². The minimum atomic E-state index is -0.0647. The van der Waals surface area contributed by atoms with Crippen LogP contribution in [0, 0.1) is 5.92 Å². The summed E-state index contributed by atoms with van der Waals surface area (Å²) < 4.78 is 5.90. The van der Waals surface area contributed by atoms with Gasteiger partial charge in [0.05, 0.1) is 6.10 Å². The van der Waals surface area contributed by atoms with Crippen LogP contribution < -0.4 is 0 Å². The van der Waals surface area contributed by atoms with E-state index in [1.165, 1.54) is 11.1 Å². The number of Topliss-reactive ketones (excluding diaryl/α,β-unsaturated/α-hetero) is 1. The molecule has 28 heavy (non-hydrogen) atoms. The summed E-state index contributed by atoms with van der Waals surface area (Å²) in [6.07, 6.45) is 3.73. The number of hydrogen-bond donors (Lipinski definition) is 0. The minimum absolute atomic E-state index is 0.0206. The molecule has 3 heteroatoms. The molecule has 0 aromatic heterocycles. The number of ether oxygens (including phenoxy) is 1. The molecule has 0 heterocycles. The maximum atomic E-state index is 12.6. The number of benzene rings is 2. The standard InChI is InChI=1S/C25H33NO2/c1-19(21-12-6-4-7-13-21)26(20(2)22-14-8-5-9-15-22)18-25(28-3)23-16-10-11-17-24(23)27/h4-9,12-15,19-20,23,25H,10-11,16-18H2,1-3H3/t19-,20-,23?,25?/m1/s1. The largest absolute Gasteiger partial charge is 0.379 e. The van der Waals surface area contributed by atoms with Crippen LogP contribution in [-0.4, -0.2) is 30.4 Å². The molecule has 0 aliphatic heterocycles. The lowest BCUT2D eigenvalue weighted by Crippen LogP contribution is -2.43. The highest BCUT2D eigenvalue weighted by Gasteiger charge is 2.34. The Bertz CT molecular complexity index is 685. The van der Waals surface area contributed by atoms with E-state index in [-0.39, 0.29) is 24.1 Å². The first-order valence-corrected chi connectivity index (χ1v) is 10.5. The van der Waals surface area contributed by atoms with Crippen LogP contribution in [0.25, 0.3) is 0 Å². The summed E-state index contributed by atoms with van der Waals surface area (Å²) in [4.78, 5) is 15.0. The average molecular weight is 380 g/mol. The van der Waals surface area contributed by atoms with Gasteiger partial charge in [0.1, 0.15) is 5.78 Å². The van der Waals surface area contributed by atoms with Crippen LogP contribution in [0.4, 0.5) is 0 Å². The Hall–Kier alpha value is -1.97. The lowest BCUT2D eigenvalue weighted by Gasteiger charge is -2.39. The predicted octanol–water partition coefficient (Wildman–Crippen LogP) is 5.59. The van der Waals surface area contributed by atoms with Crippen LogP contribution in [0.5, 0.6) is 0 Å². The van der Waals surface area contributed by atoms with Crippen LogP contribution in [0.15, 0.2) is 60.7 Å². The van der Waals surface area contributed by atoms with Gasteiger partial charge in [-0.2, -0.15) is 0 Å². The first-order chi connectivity index (χ1) is 13.6. The van der Waals surface area contributed by atoms with E-state index in [4.69, 9.17) is 4.74 Å². The van der Waals surface area contributed by atoms with E-state index in [0.29, 0.717) is 12.2 Å². The fourth-order valence-corrected chi connectivity index (χ4v) is 4.47. The van der Waals surface area contributed by atoms with Crippen molar-refractivity contribution in [1.29, 1.82) is 0 Å². The highest BCUT2D eigenvalue weighted by Crippen LogP contribution is 2.33. The van der Waals surface area contributed by atoms with Gasteiger partial charge in [0.25, 0.3) is 0 Å². The zero-order valence-corrected chi connectivity index (χ0v) is 17.4. The topological polar surface area (TPSA) is 29.5 Å². The molecule has 0 bridgehead atoms. The second kappa shape index (κ2) is 9.99. The SMILES string of the molecule is COC(CN([C@H](C)c1ccccc1)[C@H](C)c1ccccc1)C1CCCCC1=O. The molecule has 1 aliphatic carbocycles. The highest BCUT2D eigenvalue weighted by molar-refractivity contribution is 5.82. The van der Waals surface area contributed by atoms with Gasteiger partial charge < -0.3 is 4.74 Å². The second-order valence-corrected chi connectivity index (χ2v) is 7.96. The van der Waals surface area contributed by atoms with Crippen molar-refractivity contribution in [3.8, 4) is 0 Å². The van der Waals surface area contributed by atoms with Crippen LogP contribution in [0.3, 0.4) is 0 Å². The fourth-order valence-electron chi connectivity index (χ4n) is 4.47. The van der Waals surface area contributed by atoms with Crippen LogP contribution in [-0.2, 0) is 9.53 Å². The summed E-state index contributed by atoms with van der Waals surface area (Å²) >= 11 is 0. The van der Waals surface area contributed by atoms with E-state index in [9.17, 15) is 4.79 Å². The zero-order valence-electron chi connectivity index (χ0n) is 17.4. The molecule has 0 radical (unpaired) electrons. The van der Waals surface area contributed by atoms with Gasteiger partial charge in [-0.15, -0.1) is 0 Å². The first-order valence-electron chi connectivity index (χ1n) is 10.5. The third-order valence-corrected chi connectivity index (χ3v) is 6.30. The normalized spacial score (nSPS) is 20.7. The highest BCUT2D eigenvalue weighted by atomic mass is 16.5. The quantitative estimate of drug-likeness (QED) is 0.599. The number of nitrogens with zero attached hydrogens (tertiary/aromatic N) is 1. The molecule has 0 N–H and O–H groups in total. The third-order valence-electron chi connectivity index (χ3n) is 6.30. The molecule has 1 saturated carbocycles. The number of carbonyl (C=O) groups is 1. The molecule has 2 aromatic carbocycles. The van der Waals surface area contributed by atoms with Crippen molar-refractivity contribution in [2.45, 2.75) is 57.7 Å². The van der Waals surface area contributed by atoms with Gasteiger partial charge in [-0.1, -0.05) is 67.1 Å². The fraction of sp³-hybridized carbons (Fsp3) is 0.480. The van der Waals surface area contributed by atoms with E-state index in [2.05, 4.69) is 79.4 Å². The van der Waals surface area contributed by atoms with Crippen molar-refractivity contribution in [2.24, 2.45) is 5.92 Å². The van der Waals surface area contributed by atoms with Crippen LogP contribution in [0.1, 0.15) is 62.7 Å². The third kappa shape index (κ3) is 4.89. The molecule has 1 aliphatic rings. The lowest BCUT2D eigenvalue weighted by atomic mass is 9.83. The Balaban J connectivity index is 1.87. The second-order valence-electron chi connectivity index (χ2n) is 7.96. The van der Waals surface area contributed by atoms with Gasteiger partial charge in [0.2, 0.25) is 0 Å². The summed E-state index contributed by atoms with van der Waals surface area (Å²) in [5.74, 6) is 0.393. The Morgan fingerprint density at radius 1 is 0.929 bits per heavy atom. The molecular formula is C25H33NO2. The van der Waals surface area contributed by atoms with Crippen molar-refractivity contribution in [3.05, 3.63) is 71.8 Å². The summed E-state index contributed by atoms with van der Waals surface area (Å²) in [6, 6.07) is 21.7. The molecule has 2 aromatic rings. The lowest BCUT2D eigenvalue weighted by molar-refractivity contribution is -0.130. The van der Waals surface area contributed by atoms with Gasteiger partial charge >= 0.3 is 0 Å². The maximum absolute atomic E-state index is 12.6. The Labute approximate surface area is 169 Å². The van der Waals surface area contributed by atoms with E-state index < -0.39 is 0 Å². The van der Waals surface area contributed by atoms with E-state index in [1.54, 1.807) is 7.11 Å². The van der Waals surface area contributed by atoms with Gasteiger partial charge in [-0.25, -0.2) is 0 Å². The zero-order chi connectivity index (χ0) is 19.9. The van der Waals surface area contributed by atoms with E-state index in [0.717, 1.165) is 25.8 Å².